The minimum absolute atomic E-state index is 0.0155. The van der Waals surface area contributed by atoms with Crippen LogP contribution in [0.25, 0.3) is 0 Å². The van der Waals surface area contributed by atoms with Gasteiger partial charge in [-0.15, -0.1) is 0 Å². The number of phenols is 1. The van der Waals surface area contributed by atoms with Crippen molar-refractivity contribution in [1.82, 2.24) is 10.6 Å². The van der Waals surface area contributed by atoms with Gasteiger partial charge in [-0.3, -0.25) is 4.79 Å². The van der Waals surface area contributed by atoms with Crippen LogP contribution >= 0.6 is 0 Å². The van der Waals surface area contributed by atoms with Gasteiger partial charge in [-0.05, 0) is 37.7 Å². The second-order valence-electron chi connectivity index (χ2n) is 3.65. The number of carbonyl (C=O) groups is 1. The van der Waals surface area contributed by atoms with Crippen LogP contribution in [0.4, 0.5) is 0 Å². The molecule has 1 aromatic carbocycles. The molecule has 0 unspecified atom stereocenters. The smallest absolute Gasteiger partial charge is 0.224 e. The van der Waals surface area contributed by atoms with E-state index in [0.717, 1.165) is 18.5 Å². The van der Waals surface area contributed by atoms with Gasteiger partial charge in [0.1, 0.15) is 5.75 Å². The summed E-state index contributed by atoms with van der Waals surface area (Å²) >= 11 is 0. The van der Waals surface area contributed by atoms with E-state index in [9.17, 15) is 4.79 Å². The minimum atomic E-state index is 0.0155. The van der Waals surface area contributed by atoms with E-state index in [-0.39, 0.29) is 11.7 Å². The van der Waals surface area contributed by atoms with Crippen molar-refractivity contribution >= 4 is 5.91 Å². The van der Waals surface area contributed by atoms with Crippen LogP contribution < -0.4 is 10.6 Å². The summed E-state index contributed by atoms with van der Waals surface area (Å²) in [6.45, 7) is 1.59. The largest absolute Gasteiger partial charge is 0.508 e. The van der Waals surface area contributed by atoms with Gasteiger partial charge in [-0.2, -0.15) is 0 Å². The first-order chi connectivity index (χ1) is 7.72. The second kappa shape index (κ2) is 6.85. The molecule has 0 aromatic heterocycles. The van der Waals surface area contributed by atoms with Gasteiger partial charge in [0.05, 0.1) is 6.42 Å². The molecule has 4 heteroatoms. The number of aromatic hydroxyl groups is 1. The van der Waals surface area contributed by atoms with Gasteiger partial charge in [-0.25, -0.2) is 0 Å². The Morgan fingerprint density at radius 2 is 1.94 bits per heavy atom. The maximum atomic E-state index is 11.5. The lowest BCUT2D eigenvalue weighted by Gasteiger charge is -2.05. The van der Waals surface area contributed by atoms with Crippen molar-refractivity contribution in [3.8, 4) is 5.75 Å². The Morgan fingerprint density at radius 1 is 1.25 bits per heavy atom. The number of benzene rings is 1. The lowest BCUT2D eigenvalue weighted by molar-refractivity contribution is -0.120. The van der Waals surface area contributed by atoms with Crippen molar-refractivity contribution in [2.75, 3.05) is 20.1 Å². The van der Waals surface area contributed by atoms with Crippen LogP contribution in [0.15, 0.2) is 24.3 Å². The number of phenolic OH excluding ortho intramolecular Hbond substituents is 1. The van der Waals surface area contributed by atoms with Crippen LogP contribution in [0.5, 0.6) is 5.75 Å². The van der Waals surface area contributed by atoms with Crippen molar-refractivity contribution in [2.24, 2.45) is 0 Å². The standard InChI is InChI=1S/C12H18N2O2/c1-13-7-2-8-14-12(16)9-10-3-5-11(15)6-4-10/h3-6,13,15H,2,7-9H2,1H3,(H,14,16). The van der Waals surface area contributed by atoms with Gasteiger partial charge in [0.2, 0.25) is 5.91 Å². The Labute approximate surface area is 95.7 Å². The molecule has 16 heavy (non-hydrogen) atoms. The highest BCUT2D eigenvalue weighted by Crippen LogP contribution is 2.09. The van der Waals surface area contributed by atoms with Crippen molar-refractivity contribution < 1.29 is 9.90 Å². The number of hydrogen-bond acceptors (Lipinski definition) is 3. The molecular weight excluding hydrogens is 204 g/mol. The Morgan fingerprint density at radius 3 is 2.56 bits per heavy atom. The molecule has 0 radical (unpaired) electrons. The molecule has 0 aliphatic heterocycles. The number of hydrogen-bond donors (Lipinski definition) is 3. The average Bonchev–Trinajstić information content (AvgIpc) is 2.28. The molecule has 0 saturated heterocycles. The minimum Gasteiger partial charge on any atom is -0.508 e. The van der Waals surface area contributed by atoms with Gasteiger partial charge < -0.3 is 15.7 Å². The summed E-state index contributed by atoms with van der Waals surface area (Å²) in [4.78, 5) is 11.5. The first-order valence-corrected chi connectivity index (χ1v) is 5.41. The molecular formula is C12H18N2O2. The monoisotopic (exact) mass is 222 g/mol. The zero-order valence-corrected chi connectivity index (χ0v) is 9.49. The topological polar surface area (TPSA) is 61.4 Å². The van der Waals surface area contributed by atoms with Crippen LogP contribution in [0, 0.1) is 0 Å². The molecule has 0 aliphatic carbocycles. The summed E-state index contributed by atoms with van der Waals surface area (Å²) in [7, 11) is 1.89. The van der Waals surface area contributed by atoms with E-state index in [4.69, 9.17) is 5.11 Å². The summed E-state index contributed by atoms with van der Waals surface area (Å²) in [5, 5.41) is 14.9. The Bertz CT molecular complexity index is 322. The van der Waals surface area contributed by atoms with E-state index in [2.05, 4.69) is 10.6 Å². The normalized spacial score (nSPS) is 10.1. The van der Waals surface area contributed by atoms with Crippen LogP contribution in [-0.4, -0.2) is 31.2 Å². The van der Waals surface area contributed by atoms with Crippen LogP contribution in [-0.2, 0) is 11.2 Å². The molecule has 0 aliphatic rings. The summed E-state index contributed by atoms with van der Waals surface area (Å²) in [5.74, 6) is 0.236. The summed E-state index contributed by atoms with van der Waals surface area (Å²) in [5.41, 5.74) is 0.906. The van der Waals surface area contributed by atoms with Gasteiger partial charge >= 0.3 is 0 Å². The molecule has 0 fully saturated rings. The first kappa shape index (κ1) is 12.5. The van der Waals surface area contributed by atoms with Crippen LogP contribution in [0.2, 0.25) is 0 Å². The second-order valence-corrected chi connectivity index (χ2v) is 3.65. The van der Waals surface area contributed by atoms with E-state index in [1.807, 2.05) is 7.05 Å². The molecule has 0 bridgehead atoms. The molecule has 4 nitrogen and oxygen atoms in total. The lowest BCUT2D eigenvalue weighted by atomic mass is 10.1. The summed E-state index contributed by atoms with van der Waals surface area (Å²) in [6, 6.07) is 6.68. The number of rotatable bonds is 6. The maximum Gasteiger partial charge on any atom is 0.224 e. The van der Waals surface area contributed by atoms with E-state index < -0.39 is 0 Å². The predicted molar refractivity (Wildman–Crippen MR) is 63.4 cm³/mol. The van der Waals surface area contributed by atoms with Gasteiger partial charge in [0, 0.05) is 6.54 Å². The van der Waals surface area contributed by atoms with Crippen molar-refractivity contribution in [1.29, 1.82) is 0 Å². The molecule has 88 valence electrons. The van der Waals surface area contributed by atoms with E-state index >= 15 is 0 Å². The number of amides is 1. The quantitative estimate of drug-likeness (QED) is 0.620. The maximum absolute atomic E-state index is 11.5. The van der Waals surface area contributed by atoms with Gasteiger partial charge in [0.15, 0.2) is 0 Å². The highest BCUT2D eigenvalue weighted by Gasteiger charge is 2.02. The number of carbonyl (C=O) groups excluding carboxylic acids is 1. The predicted octanol–water partition coefficient (Wildman–Crippen LogP) is 0.660. The molecule has 0 atom stereocenters. The highest BCUT2D eigenvalue weighted by atomic mass is 16.3. The van der Waals surface area contributed by atoms with E-state index in [1.165, 1.54) is 0 Å². The van der Waals surface area contributed by atoms with Crippen molar-refractivity contribution in [2.45, 2.75) is 12.8 Å². The van der Waals surface area contributed by atoms with Crippen molar-refractivity contribution in [3.05, 3.63) is 29.8 Å². The molecule has 1 rings (SSSR count). The summed E-state index contributed by atoms with van der Waals surface area (Å²) < 4.78 is 0. The fourth-order valence-electron chi connectivity index (χ4n) is 1.35. The number of nitrogens with one attached hydrogen (secondary N) is 2. The summed E-state index contributed by atoms with van der Waals surface area (Å²) in [6.07, 6.45) is 1.29. The third kappa shape index (κ3) is 4.79. The lowest BCUT2D eigenvalue weighted by Crippen LogP contribution is -2.27. The fraction of sp³-hybridized carbons (Fsp3) is 0.417. The van der Waals surface area contributed by atoms with Gasteiger partial charge in [-0.1, -0.05) is 12.1 Å². The van der Waals surface area contributed by atoms with E-state index in [1.54, 1.807) is 24.3 Å². The van der Waals surface area contributed by atoms with Gasteiger partial charge in [0.25, 0.3) is 0 Å². The zero-order chi connectivity index (χ0) is 11.8. The fourth-order valence-corrected chi connectivity index (χ4v) is 1.35. The Kier molecular flexibility index (Phi) is 5.36. The molecule has 0 heterocycles. The SMILES string of the molecule is CNCCCNC(=O)Cc1ccc(O)cc1. The molecule has 1 aromatic rings. The third-order valence-electron chi connectivity index (χ3n) is 2.23. The Balaban J connectivity index is 2.26. The molecule has 0 spiro atoms. The highest BCUT2D eigenvalue weighted by molar-refractivity contribution is 5.78. The molecule has 1 amide bonds. The van der Waals surface area contributed by atoms with Crippen LogP contribution in [0.1, 0.15) is 12.0 Å². The first-order valence-electron chi connectivity index (χ1n) is 5.41. The molecule has 0 saturated carbocycles. The zero-order valence-electron chi connectivity index (χ0n) is 9.49. The Hall–Kier alpha value is -1.55. The van der Waals surface area contributed by atoms with E-state index in [0.29, 0.717) is 13.0 Å². The van der Waals surface area contributed by atoms with Crippen LogP contribution in [0.3, 0.4) is 0 Å². The third-order valence-corrected chi connectivity index (χ3v) is 2.23. The average molecular weight is 222 g/mol. The molecule has 3 N–H and O–H groups in total. The van der Waals surface area contributed by atoms with Crippen molar-refractivity contribution in [3.63, 3.8) is 0 Å².